The van der Waals surface area contributed by atoms with Crippen LogP contribution in [0.5, 0.6) is 0 Å². The van der Waals surface area contributed by atoms with Crippen molar-refractivity contribution in [1.82, 2.24) is 0 Å². The Morgan fingerprint density at radius 2 is 1.78 bits per heavy atom. The minimum Gasteiger partial charge on any atom is -0.472 e. The van der Waals surface area contributed by atoms with Gasteiger partial charge in [0.25, 0.3) is 0 Å². The Bertz CT molecular complexity index is 518. The smallest absolute Gasteiger partial charge is 0.0936 e. The van der Waals surface area contributed by atoms with Crippen LogP contribution in [-0.2, 0) is 6.42 Å². The first-order valence-corrected chi connectivity index (χ1v) is 9.84. The first kappa shape index (κ1) is 12.9. The molecule has 94 valence electrons. The van der Waals surface area contributed by atoms with Crippen molar-refractivity contribution in [2.75, 3.05) is 0 Å². The van der Waals surface area contributed by atoms with Crippen molar-refractivity contribution in [3.63, 3.8) is 0 Å². The SMILES string of the molecule is C[Si](C)(C)c1cocc1C/C=C/c1ccccc1. The molecular formula is C16H20OSi. The highest BCUT2D eigenvalue weighted by atomic mass is 28.3. The molecule has 2 rings (SSSR count). The fraction of sp³-hybridized carbons (Fsp3) is 0.250. The second-order valence-corrected chi connectivity index (χ2v) is 10.6. The molecule has 0 saturated carbocycles. The third kappa shape index (κ3) is 3.23. The summed E-state index contributed by atoms with van der Waals surface area (Å²) in [6.07, 6.45) is 9.15. The Morgan fingerprint density at radius 1 is 1.06 bits per heavy atom. The summed E-state index contributed by atoms with van der Waals surface area (Å²) in [5.74, 6) is 0. The summed E-state index contributed by atoms with van der Waals surface area (Å²) in [5.41, 5.74) is 2.58. The molecule has 1 heterocycles. The molecule has 0 radical (unpaired) electrons. The van der Waals surface area contributed by atoms with Gasteiger partial charge in [-0.1, -0.05) is 62.1 Å². The van der Waals surface area contributed by atoms with E-state index in [1.165, 1.54) is 16.3 Å². The molecule has 0 bridgehead atoms. The molecule has 0 aliphatic carbocycles. The van der Waals surface area contributed by atoms with Crippen molar-refractivity contribution >= 4 is 19.3 Å². The van der Waals surface area contributed by atoms with E-state index >= 15 is 0 Å². The molecular weight excluding hydrogens is 236 g/mol. The van der Waals surface area contributed by atoms with Crippen LogP contribution in [0.3, 0.4) is 0 Å². The summed E-state index contributed by atoms with van der Waals surface area (Å²) in [6, 6.07) is 10.4. The predicted octanol–water partition coefficient (Wildman–Crippen LogP) is 4.08. The monoisotopic (exact) mass is 256 g/mol. The predicted molar refractivity (Wildman–Crippen MR) is 80.9 cm³/mol. The van der Waals surface area contributed by atoms with Gasteiger partial charge in [0.1, 0.15) is 0 Å². The average Bonchev–Trinajstić information content (AvgIpc) is 2.78. The molecule has 0 fully saturated rings. The van der Waals surface area contributed by atoms with Crippen LogP contribution in [-0.4, -0.2) is 8.07 Å². The van der Waals surface area contributed by atoms with E-state index in [1.54, 1.807) is 0 Å². The third-order valence-corrected chi connectivity index (χ3v) is 5.05. The minimum atomic E-state index is -1.28. The van der Waals surface area contributed by atoms with E-state index < -0.39 is 8.07 Å². The van der Waals surface area contributed by atoms with Crippen molar-refractivity contribution in [2.24, 2.45) is 0 Å². The largest absolute Gasteiger partial charge is 0.472 e. The van der Waals surface area contributed by atoms with E-state index in [9.17, 15) is 0 Å². The van der Waals surface area contributed by atoms with Gasteiger partial charge in [-0.3, -0.25) is 0 Å². The van der Waals surface area contributed by atoms with E-state index in [2.05, 4.69) is 56.1 Å². The summed E-state index contributed by atoms with van der Waals surface area (Å²) in [6.45, 7) is 7.05. The van der Waals surface area contributed by atoms with Gasteiger partial charge in [-0.15, -0.1) is 0 Å². The van der Waals surface area contributed by atoms with Gasteiger partial charge in [0.2, 0.25) is 0 Å². The maximum absolute atomic E-state index is 5.38. The molecule has 0 aliphatic heterocycles. The van der Waals surface area contributed by atoms with Crippen LogP contribution in [0.4, 0.5) is 0 Å². The first-order chi connectivity index (χ1) is 8.57. The third-order valence-electron chi connectivity index (χ3n) is 3.00. The number of hydrogen-bond donors (Lipinski definition) is 0. The van der Waals surface area contributed by atoms with Crippen LogP contribution in [0.1, 0.15) is 11.1 Å². The first-order valence-electron chi connectivity index (χ1n) is 6.34. The Hall–Kier alpha value is -1.54. The van der Waals surface area contributed by atoms with Gasteiger partial charge in [-0.25, -0.2) is 0 Å². The van der Waals surface area contributed by atoms with Crippen LogP contribution < -0.4 is 5.19 Å². The maximum Gasteiger partial charge on any atom is 0.0936 e. The van der Waals surface area contributed by atoms with Crippen LogP contribution in [0.25, 0.3) is 6.08 Å². The van der Waals surface area contributed by atoms with E-state index in [-0.39, 0.29) is 0 Å². The lowest BCUT2D eigenvalue weighted by Gasteiger charge is -2.15. The highest BCUT2D eigenvalue weighted by Crippen LogP contribution is 2.10. The zero-order valence-corrected chi connectivity index (χ0v) is 12.3. The van der Waals surface area contributed by atoms with Crippen LogP contribution in [0.2, 0.25) is 19.6 Å². The second kappa shape index (κ2) is 5.40. The summed E-state index contributed by atoms with van der Waals surface area (Å²) in [5, 5.41) is 1.43. The normalized spacial score (nSPS) is 12.2. The molecule has 0 spiro atoms. The van der Waals surface area contributed by atoms with E-state index in [4.69, 9.17) is 4.42 Å². The Morgan fingerprint density at radius 3 is 2.44 bits per heavy atom. The molecule has 0 N–H and O–H groups in total. The van der Waals surface area contributed by atoms with Gasteiger partial charge in [0, 0.05) is 0 Å². The molecule has 0 atom stereocenters. The number of rotatable bonds is 4. The highest BCUT2D eigenvalue weighted by molar-refractivity contribution is 6.89. The van der Waals surface area contributed by atoms with Crippen LogP contribution >= 0.6 is 0 Å². The topological polar surface area (TPSA) is 13.1 Å². The lowest BCUT2D eigenvalue weighted by Crippen LogP contribution is -2.38. The minimum absolute atomic E-state index is 0.949. The van der Waals surface area contributed by atoms with Gasteiger partial charge in [-0.05, 0) is 22.7 Å². The zero-order chi connectivity index (χ0) is 13.0. The van der Waals surface area contributed by atoms with Crippen molar-refractivity contribution < 1.29 is 4.42 Å². The summed E-state index contributed by atoms with van der Waals surface area (Å²) in [4.78, 5) is 0. The average molecular weight is 256 g/mol. The molecule has 2 heteroatoms. The van der Waals surface area contributed by atoms with E-state index in [0.29, 0.717) is 0 Å². The fourth-order valence-corrected chi connectivity index (χ4v) is 3.57. The lowest BCUT2D eigenvalue weighted by atomic mass is 10.1. The summed E-state index contributed by atoms with van der Waals surface area (Å²) >= 11 is 0. The van der Waals surface area contributed by atoms with Crippen molar-refractivity contribution in [1.29, 1.82) is 0 Å². The molecule has 1 nitrogen and oxygen atoms in total. The fourth-order valence-electron chi connectivity index (χ4n) is 2.03. The Labute approximate surface area is 110 Å². The van der Waals surface area contributed by atoms with Gasteiger partial charge in [0.05, 0.1) is 20.6 Å². The number of allylic oxidation sites excluding steroid dienone is 1. The lowest BCUT2D eigenvalue weighted by molar-refractivity contribution is 0.566. The molecule has 0 saturated heterocycles. The quantitative estimate of drug-likeness (QED) is 0.751. The Kier molecular flexibility index (Phi) is 3.87. The van der Waals surface area contributed by atoms with Gasteiger partial charge < -0.3 is 4.42 Å². The molecule has 1 aromatic heterocycles. The summed E-state index contributed by atoms with van der Waals surface area (Å²) < 4.78 is 5.38. The zero-order valence-electron chi connectivity index (χ0n) is 11.3. The van der Waals surface area contributed by atoms with Gasteiger partial charge in [0.15, 0.2) is 0 Å². The van der Waals surface area contributed by atoms with E-state index in [1.807, 2.05) is 18.6 Å². The van der Waals surface area contributed by atoms with Gasteiger partial charge in [-0.2, -0.15) is 0 Å². The molecule has 1 aromatic carbocycles. The van der Waals surface area contributed by atoms with Crippen molar-refractivity contribution in [2.45, 2.75) is 26.1 Å². The molecule has 18 heavy (non-hydrogen) atoms. The maximum atomic E-state index is 5.38. The van der Waals surface area contributed by atoms with Crippen LogP contribution in [0.15, 0.2) is 53.4 Å². The standard InChI is InChI=1S/C16H20OSi/c1-18(2,3)16-13-17-12-15(16)11-7-10-14-8-5-4-6-9-14/h4-10,12-13H,11H2,1-3H3/b10-7+. The van der Waals surface area contributed by atoms with Crippen LogP contribution in [0, 0.1) is 0 Å². The summed E-state index contributed by atoms with van der Waals surface area (Å²) in [7, 11) is -1.28. The number of furan rings is 1. The highest BCUT2D eigenvalue weighted by Gasteiger charge is 2.21. The Balaban J connectivity index is 2.08. The molecule has 0 aliphatic rings. The van der Waals surface area contributed by atoms with Crippen molar-refractivity contribution in [3.8, 4) is 0 Å². The number of hydrogen-bond acceptors (Lipinski definition) is 1. The van der Waals surface area contributed by atoms with E-state index in [0.717, 1.165) is 6.42 Å². The van der Waals surface area contributed by atoms with Crippen molar-refractivity contribution in [3.05, 3.63) is 60.1 Å². The molecule has 0 unspecified atom stereocenters. The molecule has 2 aromatic rings. The molecule has 0 amide bonds. The second-order valence-electron chi connectivity index (χ2n) is 5.58. The number of benzene rings is 1. The van der Waals surface area contributed by atoms with Gasteiger partial charge >= 0.3 is 0 Å².